The van der Waals surface area contributed by atoms with Gasteiger partial charge in [0, 0.05) is 51.2 Å². The first-order valence-electron chi connectivity index (χ1n) is 12.1. The summed E-state index contributed by atoms with van der Waals surface area (Å²) < 4.78 is 0. The molecule has 0 heterocycles. The fourth-order valence-corrected chi connectivity index (χ4v) is 3.44. The summed E-state index contributed by atoms with van der Waals surface area (Å²) in [5.74, 6) is 0.163. The lowest BCUT2D eigenvalue weighted by atomic mass is 10.2. The van der Waals surface area contributed by atoms with E-state index in [4.69, 9.17) is 0 Å². The van der Waals surface area contributed by atoms with Crippen LogP contribution in [0.15, 0.2) is 24.3 Å². The summed E-state index contributed by atoms with van der Waals surface area (Å²) in [6.07, 6.45) is 15.9. The van der Waals surface area contributed by atoms with Crippen LogP contribution in [0, 0.1) is 0 Å². The van der Waals surface area contributed by atoms with Gasteiger partial charge in [-0.15, -0.1) is 0 Å². The van der Waals surface area contributed by atoms with E-state index in [1.807, 2.05) is 13.8 Å². The molecule has 3 N–H and O–H groups in total. The van der Waals surface area contributed by atoms with E-state index in [0.29, 0.717) is 32.4 Å². The summed E-state index contributed by atoms with van der Waals surface area (Å²) in [6.45, 7) is 10.5. The molecule has 6 heteroatoms. The molecular formula is C25H47N3O3. The van der Waals surface area contributed by atoms with Gasteiger partial charge in [-0.3, -0.25) is 14.5 Å². The normalized spacial score (nSPS) is 13.7. The molecule has 2 amide bonds. The third-order valence-corrected chi connectivity index (χ3v) is 4.87. The van der Waals surface area contributed by atoms with Crippen molar-refractivity contribution in [3.8, 4) is 0 Å². The molecule has 31 heavy (non-hydrogen) atoms. The number of hydrogen-bond donors (Lipinski definition) is 3. The number of carbonyl (C=O) groups excluding carboxylic acids is 2. The standard InChI is InChI=1S/C25H47N3O3/c1-5-7-9-11-13-16-24(30)26-22(3)20-28(18-15-19-29)21-23(4)27-25(31)17-14-12-10-8-6-2/h7-10,22-23,29H,5-6,11-21H2,1-4H3,(H,26,30)(H,27,31)/b9-7+,10-8+. The van der Waals surface area contributed by atoms with Crippen molar-refractivity contribution in [3.05, 3.63) is 24.3 Å². The predicted molar refractivity (Wildman–Crippen MR) is 130 cm³/mol. The van der Waals surface area contributed by atoms with Gasteiger partial charge < -0.3 is 15.7 Å². The monoisotopic (exact) mass is 437 g/mol. The van der Waals surface area contributed by atoms with Gasteiger partial charge in [-0.05, 0) is 58.8 Å². The number of nitrogens with one attached hydrogen (secondary N) is 2. The van der Waals surface area contributed by atoms with Crippen molar-refractivity contribution < 1.29 is 14.7 Å². The Balaban J connectivity index is 4.34. The van der Waals surface area contributed by atoms with Crippen LogP contribution >= 0.6 is 0 Å². The molecule has 0 spiro atoms. The zero-order valence-corrected chi connectivity index (χ0v) is 20.4. The van der Waals surface area contributed by atoms with Crippen molar-refractivity contribution >= 4 is 11.8 Å². The zero-order valence-electron chi connectivity index (χ0n) is 20.4. The summed E-state index contributed by atoms with van der Waals surface area (Å²) in [4.78, 5) is 26.5. The van der Waals surface area contributed by atoms with Crippen LogP contribution in [0.2, 0.25) is 0 Å². The number of amides is 2. The van der Waals surface area contributed by atoms with Crippen molar-refractivity contribution in [1.29, 1.82) is 0 Å². The fraction of sp³-hybridized carbons (Fsp3) is 0.760. The summed E-state index contributed by atoms with van der Waals surface area (Å²) in [7, 11) is 0. The molecule has 0 aromatic carbocycles. The van der Waals surface area contributed by atoms with Crippen LogP contribution in [0.4, 0.5) is 0 Å². The summed E-state index contributed by atoms with van der Waals surface area (Å²) in [5, 5.41) is 15.4. The molecule has 2 unspecified atom stereocenters. The molecule has 0 saturated heterocycles. The van der Waals surface area contributed by atoms with Crippen molar-refractivity contribution in [2.75, 3.05) is 26.2 Å². The number of carbonyl (C=O) groups is 2. The highest BCUT2D eigenvalue weighted by Crippen LogP contribution is 2.03. The van der Waals surface area contributed by atoms with E-state index in [1.165, 1.54) is 0 Å². The lowest BCUT2D eigenvalue weighted by Crippen LogP contribution is -2.47. The topological polar surface area (TPSA) is 81.7 Å². The molecular weight excluding hydrogens is 390 g/mol. The van der Waals surface area contributed by atoms with E-state index in [2.05, 4.69) is 53.7 Å². The molecule has 0 radical (unpaired) electrons. The van der Waals surface area contributed by atoms with E-state index < -0.39 is 0 Å². The van der Waals surface area contributed by atoms with Gasteiger partial charge in [0.1, 0.15) is 0 Å². The Labute approximate surface area is 190 Å². The molecule has 0 aromatic rings. The number of unbranched alkanes of at least 4 members (excludes halogenated alkanes) is 2. The average Bonchev–Trinajstić information content (AvgIpc) is 2.71. The summed E-state index contributed by atoms with van der Waals surface area (Å²) >= 11 is 0. The van der Waals surface area contributed by atoms with Crippen molar-refractivity contribution in [3.63, 3.8) is 0 Å². The van der Waals surface area contributed by atoms with Gasteiger partial charge in [-0.25, -0.2) is 0 Å². The Morgan fingerprint density at radius 1 is 0.806 bits per heavy atom. The second-order valence-corrected chi connectivity index (χ2v) is 8.32. The number of allylic oxidation sites excluding steroid dienone is 4. The second kappa shape index (κ2) is 20.3. The lowest BCUT2D eigenvalue weighted by molar-refractivity contribution is -0.122. The van der Waals surface area contributed by atoms with Crippen molar-refractivity contribution in [2.24, 2.45) is 0 Å². The highest BCUT2D eigenvalue weighted by molar-refractivity contribution is 5.76. The number of rotatable bonds is 19. The Morgan fingerprint density at radius 2 is 1.26 bits per heavy atom. The molecule has 2 atom stereocenters. The Bertz CT molecular complexity index is 478. The maximum Gasteiger partial charge on any atom is 0.220 e. The minimum atomic E-state index is 0.0191. The van der Waals surface area contributed by atoms with Gasteiger partial charge in [0.05, 0.1) is 0 Å². The van der Waals surface area contributed by atoms with Gasteiger partial charge in [0.15, 0.2) is 0 Å². The summed E-state index contributed by atoms with van der Waals surface area (Å²) in [5.41, 5.74) is 0. The van der Waals surface area contributed by atoms with Crippen LogP contribution in [0.3, 0.4) is 0 Å². The molecule has 0 aliphatic heterocycles. The van der Waals surface area contributed by atoms with Gasteiger partial charge in [-0.1, -0.05) is 38.2 Å². The van der Waals surface area contributed by atoms with Gasteiger partial charge in [-0.2, -0.15) is 0 Å². The summed E-state index contributed by atoms with van der Waals surface area (Å²) in [6, 6.07) is 0.0382. The SMILES string of the molecule is CC/C=C/CCCC(=O)NC(C)CN(CCCO)CC(C)NC(=O)CCC/C=C/CC. The van der Waals surface area contributed by atoms with E-state index in [-0.39, 0.29) is 30.5 Å². The third kappa shape index (κ3) is 18.8. The fourth-order valence-electron chi connectivity index (χ4n) is 3.44. The highest BCUT2D eigenvalue weighted by Gasteiger charge is 2.16. The molecule has 0 aliphatic rings. The number of aliphatic hydroxyl groups excluding tert-OH is 1. The molecule has 0 bridgehead atoms. The van der Waals surface area contributed by atoms with Crippen LogP contribution in [0.25, 0.3) is 0 Å². The molecule has 0 saturated carbocycles. The molecule has 0 rings (SSSR count). The maximum atomic E-state index is 12.2. The molecule has 0 fully saturated rings. The van der Waals surface area contributed by atoms with Gasteiger partial charge >= 0.3 is 0 Å². The van der Waals surface area contributed by atoms with Crippen LogP contribution in [-0.2, 0) is 9.59 Å². The minimum Gasteiger partial charge on any atom is -0.396 e. The van der Waals surface area contributed by atoms with Crippen LogP contribution in [-0.4, -0.2) is 60.1 Å². The van der Waals surface area contributed by atoms with Crippen molar-refractivity contribution in [2.45, 2.75) is 97.6 Å². The minimum absolute atomic E-state index is 0.0191. The Morgan fingerprint density at radius 3 is 1.65 bits per heavy atom. The Hall–Kier alpha value is -1.66. The molecule has 6 nitrogen and oxygen atoms in total. The van der Waals surface area contributed by atoms with E-state index in [1.54, 1.807) is 0 Å². The zero-order chi connectivity index (χ0) is 23.3. The number of nitrogens with zero attached hydrogens (tertiary/aromatic N) is 1. The first-order valence-corrected chi connectivity index (χ1v) is 12.1. The van der Waals surface area contributed by atoms with E-state index in [9.17, 15) is 14.7 Å². The van der Waals surface area contributed by atoms with E-state index >= 15 is 0 Å². The Kier molecular flexibility index (Phi) is 19.2. The highest BCUT2D eigenvalue weighted by atomic mass is 16.3. The smallest absolute Gasteiger partial charge is 0.220 e. The first kappa shape index (κ1) is 29.3. The molecule has 180 valence electrons. The quantitative estimate of drug-likeness (QED) is 0.211. The van der Waals surface area contributed by atoms with Crippen LogP contribution in [0.1, 0.15) is 85.5 Å². The van der Waals surface area contributed by atoms with Crippen LogP contribution in [0.5, 0.6) is 0 Å². The number of aliphatic hydroxyl groups is 1. The number of hydrogen-bond acceptors (Lipinski definition) is 4. The maximum absolute atomic E-state index is 12.2. The largest absolute Gasteiger partial charge is 0.396 e. The lowest BCUT2D eigenvalue weighted by Gasteiger charge is -2.29. The van der Waals surface area contributed by atoms with E-state index in [0.717, 1.165) is 45.1 Å². The molecule has 0 aromatic heterocycles. The van der Waals surface area contributed by atoms with Gasteiger partial charge in [0.2, 0.25) is 11.8 Å². The third-order valence-electron chi connectivity index (χ3n) is 4.87. The first-order chi connectivity index (χ1) is 14.9. The molecule has 0 aliphatic carbocycles. The second-order valence-electron chi connectivity index (χ2n) is 8.32. The van der Waals surface area contributed by atoms with Crippen molar-refractivity contribution in [1.82, 2.24) is 15.5 Å². The van der Waals surface area contributed by atoms with Crippen LogP contribution < -0.4 is 10.6 Å². The van der Waals surface area contributed by atoms with Gasteiger partial charge in [0.25, 0.3) is 0 Å². The average molecular weight is 438 g/mol. The predicted octanol–water partition coefficient (Wildman–Crippen LogP) is 3.95.